The molecule has 0 spiro atoms. The quantitative estimate of drug-likeness (QED) is 0.823. The first-order chi connectivity index (χ1) is 7.59. The third kappa shape index (κ3) is 1.79. The van der Waals surface area contributed by atoms with Crippen molar-refractivity contribution in [3.63, 3.8) is 0 Å². The van der Waals surface area contributed by atoms with Crippen molar-refractivity contribution in [1.82, 2.24) is 4.57 Å². The van der Waals surface area contributed by atoms with Crippen molar-refractivity contribution in [3.05, 3.63) is 36.0 Å². The maximum Gasteiger partial charge on any atom is 0.305 e. The van der Waals surface area contributed by atoms with Crippen molar-refractivity contribution >= 4 is 16.9 Å². The number of nitrogens with two attached hydrogens (primary N) is 1. The minimum atomic E-state index is -0.877. The maximum atomic E-state index is 10.6. The second-order valence-electron chi connectivity index (χ2n) is 3.89. The Morgan fingerprint density at radius 2 is 2.19 bits per heavy atom. The van der Waals surface area contributed by atoms with E-state index in [1.165, 1.54) is 0 Å². The zero-order chi connectivity index (χ0) is 11.7. The molecule has 16 heavy (non-hydrogen) atoms. The lowest BCUT2D eigenvalue weighted by atomic mass is 10.1. The van der Waals surface area contributed by atoms with E-state index in [1.807, 2.05) is 41.9 Å². The molecule has 1 heterocycles. The molecular weight excluding hydrogens is 204 g/mol. The molecule has 0 aliphatic carbocycles. The Morgan fingerprint density at radius 1 is 1.50 bits per heavy atom. The van der Waals surface area contributed by atoms with E-state index in [9.17, 15) is 4.79 Å². The van der Waals surface area contributed by atoms with Crippen molar-refractivity contribution in [1.29, 1.82) is 0 Å². The fourth-order valence-electron chi connectivity index (χ4n) is 1.96. The van der Waals surface area contributed by atoms with Crippen LogP contribution in [-0.4, -0.2) is 15.6 Å². The normalized spacial score (nSPS) is 12.9. The van der Waals surface area contributed by atoms with Crippen LogP contribution < -0.4 is 5.73 Å². The summed E-state index contributed by atoms with van der Waals surface area (Å²) >= 11 is 0. The van der Waals surface area contributed by atoms with Crippen LogP contribution in [0, 0.1) is 0 Å². The minimum absolute atomic E-state index is 0.0514. The van der Waals surface area contributed by atoms with E-state index in [0.717, 1.165) is 16.6 Å². The third-order valence-electron chi connectivity index (χ3n) is 2.76. The number of para-hydroxylation sites is 1. The second-order valence-corrected chi connectivity index (χ2v) is 3.89. The van der Waals surface area contributed by atoms with Gasteiger partial charge in [0, 0.05) is 18.3 Å². The van der Waals surface area contributed by atoms with E-state index < -0.39 is 12.0 Å². The summed E-state index contributed by atoms with van der Waals surface area (Å²) < 4.78 is 1.95. The van der Waals surface area contributed by atoms with Gasteiger partial charge in [0.05, 0.1) is 12.5 Å². The Bertz CT molecular complexity index is 531. The summed E-state index contributed by atoms with van der Waals surface area (Å²) in [5.41, 5.74) is 7.78. The van der Waals surface area contributed by atoms with Gasteiger partial charge in [0.15, 0.2) is 0 Å². The van der Waals surface area contributed by atoms with E-state index in [-0.39, 0.29) is 6.42 Å². The number of aromatic nitrogens is 1. The smallest absolute Gasteiger partial charge is 0.305 e. The molecule has 0 saturated carbocycles. The predicted octanol–water partition coefficient (Wildman–Crippen LogP) is 1.65. The first-order valence-electron chi connectivity index (χ1n) is 5.11. The highest BCUT2D eigenvalue weighted by Crippen LogP contribution is 2.23. The molecule has 4 nitrogen and oxygen atoms in total. The number of aliphatic carboxylic acids is 1. The van der Waals surface area contributed by atoms with Gasteiger partial charge in [-0.2, -0.15) is 0 Å². The number of fused-ring (bicyclic) bond motifs is 1. The highest BCUT2D eigenvalue weighted by molar-refractivity contribution is 5.81. The summed E-state index contributed by atoms with van der Waals surface area (Å²) in [6, 6.07) is 9.38. The van der Waals surface area contributed by atoms with Crippen molar-refractivity contribution in [2.75, 3.05) is 0 Å². The Labute approximate surface area is 93.3 Å². The van der Waals surface area contributed by atoms with Crippen molar-refractivity contribution in [3.8, 4) is 0 Å². The molecule has 1 aromatic heterocycles. The zero-order valence-electron chi connectivity index (χ0n) is 9.05. The van der Waals surface area contributed by atoms with Gasteiger partial charge < -0.3 is 15.4 Å². The summed E-state index contributed by atoms with van der Waals surface area (Å²) in [6.45, 7) is 0. The lowest BCUT2D eigenvalue weighted by molar-refractivity contribution is -0.137. The van der Waals surface area contributed by atoms with E-state index in [0.29, 0.717) is 0 Å². The molecule has 0 aliphatic heterocycles. The molecule has 3 N–H and O–H groups in total. The third-order valence-corrected chi connectivity index (χ3v) is 2.76. The van der Waals surface area contributed by atoms with Gasteiger partial charge in [-0.15, -0.1) is 0 Å². The molecule has 2 rings (SSSR count). The molecule has 0 radical (unpaired) electrons. The Hall–Kier alpha value is -1.81. The maximum absolute atomic E-state index is 10.6. The Balaban J connectivity index is 2.45. The van der Waals surface area contributed by atoms with Crippen LogP contribution in [0.4, 0.5) is 0 Å². The summed E-state index contributed by atoms with van der Waals surface area (Å²) in [7, 11) is 1.90. The minimum Gasteiger partial charge on any atom is -0.481 e. The molecule has 0 amide bonds. The van der Waals surface area contributed by atoms with Gasteiger partial charge >= 0.3 is 5.97 Å². The average Bonchev–Trinajstić information content (AvgIpc) is 2.56. The number of carboxylic acid groups (broad SMARTS) is 1. The van der Waals surface area contributed by atoms with Gasteiger partial charge in [-0.25, -0.2) is 0 Å². The number of hydrogen-bond donors (Lipinski definition) is 2. The van der Waals surface area contributed by atoms with Crippen molar-refractivity contribution in [2.24, 2.45) is 12.8 Å². The Kier molecular flexibility index (Phi) is 2.66. The fraction of sp³-hybridized carbons (Fsp3) is 0.250. The number of rotatable bonds is 3. The lowest BCUT2D eigenvalue weighted by Crippen LogP contribution is -2.17. The van der Waals surface area contributed by atoms with E-state index in [1.54, 1.807) is 0 Å². The molecule has 2 aromatic rings. The monoisotopic (exact) mass is 218 g/mol. The number of benzene rings is 1. The van der Waals surface area contributed by atoms with Crippen molar-refractivity contribution < 1.29 is 9.90 Å². The van der Waals surface area contributed by atoms with Gasteiger partial charge in [-0.1, -0.05) is 18.2 Å². The van der Waals surface area contributed by atoms with Gasteiger partial charge in [0.2, 0.25) is 0 Å². The Morgan fingerprint density at radius 3 is 2.81 bits per heavy atom. The van der Waals surface area contributed by atoms with Gasteiger partial charge in [-0.05, 0) is 17.5 Å². The molecular formula is C12H14N2O2. The second kappa shape index (κ2) is 3.98. The molecule has 0 fully saturated rings. The SMILES string of the molecule is Cn1c(C(N)CC(=O)O)cc2ccccc21. The van der Waals surface area contributed by atoms with E-state index in [2.05, 4.69) is 0 Å². The number of aryl methyl sites for hydroxylation is 1. The number of carboxylic acids is 1. The zero-order valence-corrected chi connectivity index (χ0v) is 9.05. The van der Waals surface area contributed by atoms with Crippen LogP contribution >= 0.6 is 0 Å². The lowest BCUT2D eigenvalue weighted by Gasteiger charge is -2.10. The summed E-state index contributed by atoms with van der Waals surface area (Å²) in [5, 5.41) is 9.81. The molecule has 1 atom stereocenters. The molecule has 84 valence electrons. The topological polar surface area (TPSA) is 68.2 Å². The van der Waals surface area contributed by atoms with Crippen LogP contribution in [0.5, 0.6) is 0 Å². The van der Waals surface area contributed by atoms with Crippen LogP contribution in [0.15, 0.2) is 30.3 Å². The first kappa shape index (κ1) is 10.7. The van der Waals surface area contributed by atoms with Gasteiger partial charge in [0.25, 0.3) is 0 Å². The highest BCUT2D eigenvalue weighted by atomic mass is 16.4. The predicted molar refractivity (Wildman–Crippen MR) is 62.1 cm³/mol. The first-order valence-corrected chi connectivity index (χ1v) is 5.11. The van der Waals surface area contributed by atoms with E-state index in [4.69, 9.17) is 10.8 Å². The molecule has 1 unspecified atom stereocenters. The molecule has 0 aliphatic rings. The largest absolute Gasteiger partial charge is 0.481 e. The molecule has 4 heteroatoms. The van der Waals surface area contributed by atoms with Crippen LogP contribution in [0.3, 0.4) is 0 Å². The van der Waals surface area contributed by atoms with Crippen LogP contribution in [0.1, 0.15) is 18.2 Å². The molecule has 0 saturated heterocycles. The number of carbonyl (C=O) groups is 1. The summed E-state index contributed by atoms with van der Waals surface area (Å²) in [6.07, 6.45) is -0.0514. The van der Waals surface area contributed by atoms with Gasteiger partial charge in [0.1, 0.15) is 0 Å². The highest BCUT2D eigenvalue weighted by Gasteiger charge is 2.15. The van der Waals surface area contributed by atoms with Crippen LogP contribution in [-0.2, 0) is 11.8 Å². The average molecular weight is 218 g/mol. The number of nitrogens with zero attached hydrogens (tertiary/aromatic N) is 1. The van der Waals surface area contributed by atoms with Crippen molar-refractivity contribution in [2.45, 2.75) is 12.5 Å². The number of hydrogen-bond acceptors (Lipinski definition) is 2. The van der Waals surface area contributed by atoms with Gasteiger partial charge in [-0.3, -0.25) is 4.79 Å². The van der Waals surface area contributed by atoms with Crippen LogP contribution in [0.2, 0.25) is 0 Å². The summed E-state index contributed by atoms with van der Waals surface area (Å²) in [5.74, 6) is -0.877. The fourth-order valence-corrected chi connectivity index (χ4v) is 1.96. The van der Waals surface area contributed by atoms with Crippen LogP contribution in [0.25, 0.3) is 10.9 Å². The standard InChI is InChI=1S/C12H14N2O2/c1-14-10-5-3-2-4-8(10)6-11(14)9(13)7-12(15)16/h2-6,9H,7,13H2,1H3,(H,15,16). The molecule has 0 bridgehead atoms. The molecule has 1 aromatic carbocycles. The summed E-state index contributed by atoms with van der Waals surface area (Å²) in [4.78, 5) is 10.6. The van der Waals surface area contributed by atoms with E-state index >= 15 is 0 Å².